The molecule has 0 saturated carbocycles. The van der Waals surface area contributed by atoms with Crippen molar-refractivity contribution in [1.29, 1.82) is 0 Å². The molecule has 1 aliphatic carbocycles. The van der Waals surface area contributed by atoms with Crippen LogP contribution < -0.4 is 14.9 Å². The lowest BCUT2D eigenvalue weighted by molar-refractivity contribution is 0.570. The summed E-state index contributed by atoms with van der Waals surface area (Å²) in [4.78, 5) is 20.8. The first-order valence-corrected chi connectivity index (χ1v) is 14.6. The van der Waals surface area contributed by atoms with Gasteiger partial charge in [0.1, 0.15) is 11.5 Å². The number of fused-ring (bicyclic) bond motifs is 3. The van der Waals surface area contributed by atoms with Gasteiger partial charge in [-0.05, 0) is 72.2 Å². The quantitative estimate of drug-likeness (QED) is 0.236. The van der Waals surface area contributed by atoms with E-state index in [-0.39, 0.29) is 11.6 Å². The highest BCUT2D eigenvalue weighted by molar-refractivity contribution is 9.10. The lowest BCUT2D eigenvalue weighted by atomic mass is 9.85. The number of nitrogens with zero attached hydrogens (tertiary/aromatic N) is 2. The van der Waals surface area contributed by atoms with Crippen LogP contribution in [-0.4, -0.2) is 4.57 Å². The van der Waals surface area contributed by atoms with Crippen molar-refractivity contribution in [2.24, 2.45) is 4.99 Å². The summed E-state index contributed by atoms with van der Waals surface area (Å²) in [6.45, 7) is 2.06. The molecule has 0 radical (unpaired) electrons. The average Bonchev–Trinajstić information content (AvgIpc) is 3.65. The number of halogens is 1. The van der Waals surface area contributed by atoms with Gasteiger partial charge in [0.15, 0.2) is 4.80 Å². The fraction of sp³-hybridized carbons (Fsp3) is 0.133. The smallest absolute Gasteiger partial charge is 0.271 e. The molecular formula is C30H21BrN2O2S2. The predicted octanol–water partition coefficient (Wildman–Crippen LogP) is 6.71. The molecule has 0 spiro atoms. The SMILES string of the molecule is Cc1ccc(-c2ccc(C=c3sc4n(c3=O)C(c3cccs3)C3=C(N=4)c4ccccc4CC3)o2)c(Br)c1. The molecule has 4 nitrogen and oxygen atoms in total. The molecule has 7 rings (SSSR count). The van der Waals surface area contributed by atoms with E-state index in [0.29, 0.717) is 10.3 Å². The fourth-order valence-corrected chi connectivity index (χ4v) is 7.76. The molecule has 4 heterocycles. The minimum Gasteiger partial charge on any atom is -0.457 e. The van der Waals surface area contributed by atoms with Crippen molar-refractivity contribution in [3.05, 3.63) is 129 Å². The summed E-state index contributed by atoms with van der Waals surface area (Å²) in [5.41, 5.74) is 6.88. The van der Waals surface area contributed by atoms with Gasteiger partial charge < -0.3 is 4.42 Å². The largest absolute Gasteiger partial charge is 0.457 e. The van der Waals surface area contributed by atoms with Crippen LogP contribution in [0, 0.1) is 6.92 Å². The predicted molar refractivity (Wildman–Crippen MR) is 154 cm³/mol. The summed E-state index contributed by atoms with van der Waals surface area (Å²) in [7, 11) is 0. The number of allylic oxidation sites excluding steroid dienone is 1. The highest BCUT2D eigenvalue weighted by Gasteiger charge is 2.33. The Morgan fingerprint density at radius 3 is 2.78 bits per heavy atom. The van der Waals surface area contributed by atoms with Gasteiger partial charge in [-0.3, -0.25) is 9.36 Å². The molecule has 0 amide bonds. The second kappa shape index (κ2) is 8.94. The zero-order chi connectivity index (χ0) is 25.1. The van der Waals surface area contributed by atoms with E-state index in [1.807, 2.05) is 28.8 Å². The first-order valence-electron chi connectivity index (χ1n) is 12.1. The van der Waals surface area contributed by atoms with Crippen LogP contribution in [0.5, 0.6) is 0 Å². The molecule has 7 heteroatoms. The van der Waals surface area contributed by atoms with Gasteiger partial charge in [-0.15, -0.1) is 11.3 Å². The zero-order valence-corrected chi connectivity index (χ0v) is 23.1. The van der Waals surface area contributed by atoms with Crippen molar-refractivity contribution in [2.75, 3.05) is 0 Å². The van der Waals surface area contributed by atoms with E-state index in [0.717, 1.165) is 39.1 Å². The maximum Gasteiger partial charge on any atom is 0.271 e. The highest BCUT2D eigenvalue weighted by atomic mass is 79.9. The van der Waals surface area contributed by atoms with E-state index in [9.17, 15) is 4.79 Å². The molecule has 182 valence electrons. The zero-order valence-electron chi connectivity index (χ0n) is 19.9. The Kier molecular flexibility index (Phi) is 5.53. The van der Waals surface area contributed by atoms with Crippen molar-refractivity contribution in [1.82, 2.24) is 4.57 Å². The number of furan rings is 1. The molecule has 1 unspecified atom stereocenters. The Morgan fingerprint density at radius 1 is 1.05 bits per heavy atom. The summed E-state index contributed by atoms with van der Waals surface area (Å²) in [6, 6.07) is 22.6. The van der Waals surface area contributed by atoms with E-state index in [2.05, 4.69) is 76.8 Å². The Bertz CT molecular complexity index is 1890. The number of thiophene rings is 1. The highest BCUT2D eigenvalue weighted by Crippen LogP contribution is 2.42. The van der Waals surface area contributed by atoms with E-state index in [4.69, 9.17) is 9.41 Å². The Balaban J connectivity index is 1.38. The standard InChI is InChI=1S/C30H21BrN2O2S2/c1-17-8-11-21(23(31)15-17)24-13-10-19(35-24)16-26-29(34)33-28(25-7-4-14-36-25)22-12-9-18-5-2-3-6-20(18)27(22)32-30(33)37-26/h2-8,10-11,13-16,28H,9,12H2,1H3. The molecule has 37 heavy (non-hydrogen) atoms. The van der Waals surface area contributed by atoms with Crippen LogP contribution in [0.25, 0.3) is 23.1 Å². The van der Waals surface area contributed by atoms with Crippen molar-refractivity contribution in [3.63, 3.8) is 0 Å². The molecule has 2 aliphatic rings. The minimum atomic E-state index is -0.127. The number of hydrogen-bond acceptors (Lipinski definition) is 5. The van der Waals surface area contributed by atoms with Gasteiger partial charge in [-0.2, -0.15) is 0 Å². The van der Waals surface area contributed by atoms with Crippen LogP contribution in [-0.2, 0) is 6.42 Å². The summed E-state index contributed by atoms with van der Waals surface area (Å²) in [5, 5.41) is 2.08. The third-order valence-electron chi connectivity index (χ3n) is 6.98. The summed E-state index contributed by atoms with van der Waals surface area (Å²) in [5.74, 6) is 1.41. The maximum absolute atomic E-state index is 13.8. The van der Waals surface area contributed by atoms with Crippen molar-refractivity contribution < 1.29 is 4.42 Å². The number of thiazole rings is 1. The number of benzene rings is 2. The fourth-order valence-electron chi connectivity index (χ4n) is 5.24. The van der Waals surface area contributed by atoms with Crippen LogP contribution in [0.15, 0.2) is 96.4 Å². The van der Waals surface area contributed by atoms with Crippen molar-refractivity contribution in [2.45, 2.75) is 25.8 Å². The van der Waals surface area contributed by atoms with Gasteiger partial charge in [-0.1, -0.05) is 63.7 Å². The van der Waals surface area contributed by atoms with Gasteiger partial charge in [0.2, 0.25) is 0 Å². The monoisotopic (exact) mass is 584 g/mol. The van der Waals surface area contributed by atoms with Crippen LogP contribution in [0.3, 0.4) is 0 Å². The summed E-state index contributed by atoms with van der Waals surface area (Å²) in [6.07, 6.45) is 3.70. The van der Waals surface area contributed by atoms with Gasteiger partial charge in [0.05, 0.1) is 16.3 Å². The van der Waals surface area contributed by atoms with E-state index in [1.54, 1.807) is 11.3 Å². The Labute approximate surface area is 229 Å². The van der Waals surface area contributed by atoms with Crippen LogP contribution >= 0.6 is 38.6 Å². The van der Waals surface area contributed by atoms with Gasteiger partial charge in [0, 0.05) is 26.6 Å². The molecule has 0 N–H and O–H groups in total. The molecule has 1 atom stereocenters. The van der Waals surface area contributed by atoms with Crippen molar-refractivity contribution in [3.8, 4) is 11.3 Å². The maximum atomic E-state index is 13.8. The summed E-state index contributed by atoms with van der Waals surface area (Å²) >= 11 is 6.76. The lowest BCUT2D eigenvalue weighted by Gasteiger charge is -2.30. The summed E-state index contributed by atoms with van der Waals surface area (Å²) < 4.78 is 9.64. The third-order valence-corrected chi connectivity index (χ3v) is 9.54. The molecule has 2 aromatic carbocycles. The van der Waals surface area contributed by atoms with Crippen LogP contribution in [0.2, 0.25) is 0 Å². The van der Waals surface area contributed by atoms with Gasteiger partial charge in [0.25, 0.3) is 5.56 Å². The van der Waals surface area contributed by atoms with E-state index in [1.165, 1.54) is 38.5 Å². The number of aryl methyl sites for hydroxylation is 2. The third kappa shape index (κ3) is 3.84. The second-order valence-corrected chi connectivity index (χ2v) is 12.2. The van der Waals surface area contributed by atoms with Crippen molar-refractivity contribution >= 4 is 50.4 Å². The number of hydrogen-bond donors (Lipinski definition) is 0. The molecule has 0 saturated heterocycles. The topological polar surface area (TPSA) is 47.5 Å². The van der Waals surface area contributed by atoms with Crippen LogP contribution in [0.1, 0.15) is 39.8 Å². The van der Waals surface area contributed by atoms with Gasteiger partial charge in [-0.25, -0.2) is 4.99 Å². The average molecular weight is 586 g/mol. The van der Waals surface area contributed by atoms with Gasteiger partial charge >= 0.3 is 0 Å². The molecule has 3 aromatic heterocycles. The molecule has 1 aliphatic heterocycles. The molecular weight excluding hydrogens is 564 g/mol. The normalized spacial score (nSPS) is 16.8. The first-order chi connectivity index (χ1) is 18.1. The molecule has 5 aromatic rings. The Hall–Kier alpha value is -3.26. The molecule has 0 bridgehead atoms. The molecule has 0 fully saturated rings. The first kappa shape index (κ1) is 22.9. The minimum absolute atomic E-state index is 0.0259. The number of rotatable bonds is 3. The van der Waals surface area contributed by atoms with Crippen LogP contribution in [0.4, 0.5) is 0 Å². The lowest BCUT2D eigenvalue weighted by Crippen LogP contribution is -2.38. The second-order valence-electron chi connectivity index (χ2n) is 9.31. The Morgan fingerprint density at radius 2 is 1.95 bits per heavy atom. The van der Waals surface area contributed by atoms with E-state index < -0.39 is 0 Å². The number of aromatic nitrogens is 1. The van der Waals surface area contributed by atoms with E-state index >= 15 is 0 Å².